The molecule has 1 rings (SSSR count). The number of ether oxygens (including phenoxy) is 1. The number of aliphatic carboxylic acids is 1. The number of hydrogen-bond acceptors (Lipinski definition) is 3. The predicted octanol–water partition coefficient (Wildman–Crippen LogP) is 1.78. The average molecular weight is 237 g/mol. The maximum Gasteiger partial charge on any atom is 0.325 e. The first kappa shape index (κ1) is 13.7. The maximum absolute atomic E-state index is 11.4. The van der Waals surface area contributed by atoms with Crippen molar-refractivity contribution in [3.05, 3.63) is 35.9 Å². The van der Waals surface area contributed by atoms with Crippen LogP contribution in [0.25, 0.3) is 0 Å². The van der Waals surface area contributed by atoms with Crippen molar-refractivity contribution in [3.8, 4) is 0 Å². The number of hydrogen-bond donors (Lipinski definition) is 1. The molecule has 0 bridgehead atoms. The molecular weight excluding hydrogens is 218 g/mol. The van der Waals surface area contributed by atoms with E-state index in [1.54, 1.807) is 19.1 Å². The molecular formula is C13H19NO3. The number of carboxylic acids is 1. The fraction of sp³-hybridized carbons (Fsp3) is 0.462. The van der Waals surface area contributed by atoms with Crippen LogP contribution in [0.4, 0.5) is 0 Å². The maximum atomic E-state index is 11.4. The quantitative estimate of drug-likeness (QED) is 0.819. The molecule has 1 aromatic carbocycles. The van der Waals surface area contributed by atoms with E-state index in [1.807, 2.05) is 37.3 Å². The van der Waals surface area contributed by atoms with Gasteiger partial charge in [0.2, 0.25) is 0 Å². The molecule has 94 valence electrons. The molecule has 4 heteroatoms. The van der Waals surface area contributed by atoms with Gasteiger partial charge in [0.15, 0.2) is 0 Å². The van der Waals surface area contributed by atoms with Crippen molar-refractivity contribution in [3.63, 3.8) is 0 Å². The van der Waals surface area contributed by atoms with Crippen molar-refractivity contribution in [2.24, 2.45) is 0 Å². The van der Waals surface area contributed by atoms with Crippen molar-refractivity contribution >= 4 is 5.97 Å². The van der Waals surface area contributed by atoms with Gasteiger partial charge in [0.25, 0.3) is 0 Å². The molecule has 17 heavy (non-hydrogen) atoms. The lowest BCUT2D eigenvalue weighted by molar-refractivity contribution is -0.144. The smallest absolute Gasteiger partial charge is 0.325 e. The van der Waals surface area contributed by atoms with Crippen LogP contribution in [0.1, 0.15) is 18.5 Å². The molecule has 0 radical (unpaired) electrons. The van der Waals surface area contributed by atoms with Gasteiger partial charge in [0.1, 0.15) is 6.04 Å². The van der Waals surface area contributed by atoms with Crippen molar-refractivity contribution < 1.29 is 14.6 Å². The third kappa shape index (κ3) is 3.54. The number of rotatable bonds is 6. The van der Waals surface area contributed by atoms with E-state index in [4.69, 9.17) is 4.74 Å². The molecule has 4 nitrogen and oxygen atoms in total. The standard InChI is InChI=1S/C13H19NO3/c1-10(9-17-3)14(2)12(13(15)16)11-7-5-4-6-8-11/h4-8,10,12H,9H2,1-3H3,(H,15,16). The van der Waals surface area contributed by atoms with Crippen LogP contribution in [0.15, 0.2) is 30.3 Å². The number of carbonyl (C=O) groups is 1. The fourth-order valence-electron chi connectivity index (χ4n) is 1.80. The average Bonchev–Trinajstić information content (AvgIpc) is 2.30. The molecule has 0 saturated carbocycles. The highest BCUT2D eigenvalue weighted by atomic mass is 16.5. The Morgan fingerprint density at radius 2 is 2.00 bits per heavy atom. The van der Waals surface area contributed by atoms with Gasteiger partial charge >= 0.3 is 5.97 Å². The highest BCUT2D eigenvalue weighted by Crippen LogP contribution is 2.21. The molecule has 1 N–H and O–H groups in total. The zero-order chi connectivity index (χ0) is 12.8. The second-order valence-corrected chi connectivity index (χ2v) is 4.12. The van der Waals surface area contributed by atoms with Gasteiger partial charge in [-0.05, 0) is 19.5 Å². The lowest BCUT2D eigenvalue weighted by atomic mass is 10.0. The minimum Gasteiger partial charge on any atom is -0.480 e. The van der Waals surface area contributed by atoms with E-state index in [1.165, 1.54) is 0 Å². The molecule has 2 unspecified atom stereocenters. The summed E-state index contributed by atoms with van der Waals surface area (Å²) in [5.41, 5.74) is 0.783. The Balaban J connectivity index is 2.90. The Labute approximate surface area is 102 Å². The normalized spacial score (nSPS) is 14.6. The summed E-state index contributed by atoms with van der Waals surface area (Å²) in [5.74, 6) is -0.846. The van der Waals surface area contributed by atoms with Crippen LogP contribution in [-0.4, -0.2) is 42.8 Å². The molecule has 0 aliphatic heterocycles. The third-order valence-electron chi connectivity index (χ3n) is 2.86. The lowest BCUT2D eigenvalue weighted by Gasteiger charge is -2.30. The van der Waals surface area contributed by atoms with Gasteiger partial charge in [-0.25, -0.2) is 0 Å². The Hall–Kier alpha value is -1.39. The van der Waals surface area contributed by atoms with Crippen LogP contribution in [0.5, 0.6) is 0 Å². The largest absolute Gasteiger partial charge is 0.480 e. The predicted molar refractivity (Wildman–Crippen MR) is 65.9 cm³/mol. The molecule has 0 saturated heterocycles. The number of nitrogens with zero attached hydrogens (tertiary/aromatic N) is 1. The highest BCUT2D eigenvalue weighted by molar-refractivity contribution is 5.75. The van der Waals surface area contributed by atoms with Crippen LogP contribution in [0.2, 0.25) is 0 Å². The van der Waals surface area contributed by atoms with E-state index in [0.717, 1.165) is 5.56 Å². The van der Waals surface area contributed by atoms with Gasteiger partial charge < -0.3 is 9.84 Å². The van der Waals surface area contributed by atoms with Crippen LogP contribution >= 0.6 is 0 Å². The van der Waals surface area contributed by atoms with E-state index in [2.05, 4.69) is 0 Å². The first-order valence-electron chi connectivity index (χ1n) is 5.56. The molecule has 0 aliphatic rings. The summed E-state index contributed by atoms with van der Waals surface area (Å²) in [6, 6.07) is 8.63. The number of methoxy groups -OCH3 is 1. The first-order valence-corrected chi connectivity index (χ1v) is 5.56. The zero-order valence-corrected chi connectivity index (χ0v) is 10.5. The van der Waals surface area contributed by atoms with Crippen LogP contribution in [0.3, 0.4) is 0 Å². The molecule has 0 aliphatic carbocycles. The minimum absolute atomic E-state index is 0.0429. The Kier molecular flexibility index (Phi) is 5.12. The van der Waals surface area contributed by atoms with Gasteiger partial charge in [-0.3, -0.25) is 9.69 Å². The highest BCUT2D eigenvalue weighted by Gasteiger charge is 2.27. The van der Waals surface area contributed by atoms with Crippen molar-refractivity contribution in [1.82, 2.24) is 4.90 Å². The molecule has 0 spiro atoms. The fourth-order valence-corrected chi connectivity index (χ4v) is 1.80. The summed E-state index contributed by atoms with van der Waals surface area (Å²) in [6.07, 6.45) is 0. The van der Waals surface area contributed by atoms with E-state index in [-0.39, 0.29) is 6.04 Å². The van der Waals surface area contributed by atoms with E-state index in [9.17, 15) is 9.90 Å². The molecule has 2 atom stereocenters. The summed E-state index contributed by atoms with van der Waals surface area (Å²) in [5, 5.41) is 9.33. The van der Waals surface area contributed by atoms with Crippen LogP contribution < -0.4 is 0 Å². The third-order valence-corrected chi connectivity index (χ3v) is 2.86. The Morgan fingerprint density at radius 1 is 1.41 bits per heavy atom. The number of likely N-dealkylation sites (N-methyl/N-ethyl adjacent to an activating group) is 1. The van der Waals surface area contributed by atoms with E-state index in [0.29, 0.717) is 6.61 Å². The number of carboxylic acid groups (broad SMARTS) is 1. The number of benzene rings is 1. The summed E-state index contributed by atoms with van der Waals surface area (Å²) in [6.45, 7) is 2.45. The van der Waals surface area contributed by atoms with Crippen molar-refractivity contribution in [1.29, 1.82) is 0 Å². The Bertz CT molecular complexity index is 353. The van der Waals surface area contributed by atoms with E-state index < -0.39 is 12.0 Å². The molecule has 1 aromatic rings. The van der Waals surface area contributed by atoms with Crippen molar-refractivity contribution in [2.45, 2.75) is 19.0 Å². The topological polar surface area (TPSA) is 49.8 Å². The van der Waals surface area contributed by atoms with Gasteiger partial charge in [0.05, 0.1) is 6.61 Å². The van der Waals surface area contributed by atoms with Gasteiger partial charge in [-0.1, -0.05) is 30.3 Å². The lowest BCUT2D eigenvalue weighted by Crippen LogP contribution is -2.39. The van der Waals surface area contributed by atoms with Gasteiger partial charge in [0, 0.05) is 13.2 Å². The zero-order valence-electron chi connectivity index (χ0n) is 10.5. The summed E-state index contributed by atoms with van der Waals surface area (Å²) in [7, 11) is 3.41. The Morgan fingerprint density at radius 3 is 2.47 bits per heavy atom. The molecule has 0 fully saturated rings. The van der Waals surface area contributed by atoms with Crippen LogP contribution in [0, 0.1) is 0 Å². The van der Waals surface area contributed by atoms with E-state index >= 15 is 0 Å². The second-order valence-electron chi connectivity index (χ2n) is 4.12. The summed E-state index contributed by atoms with van der Waals surface area (Å²) < 4.78 is 5.06. The summed E-state index contributed by atoms with van der Waals surface area (Å²) in [4.78, 5) is 13.2. The molecule has 0 heterocycles. The van der Waals surface area contributed by atoms with Crippen LogP contribution in [-0.2, 0) is 9.53 Å². The first-order chi connectivity index (χ1) is 8.07. The summed E-state index contributed by atoms with van der Waals surface area (Å²) >= 11 is 0. The minimum atomic E-state index is -0.846. The van der Waals surface area contributed by atoms with Gasteiger partial charge in [-0.15, -0.1) is 0 Å². The van der Waals surface area contributed by atoms with Crippen molar-refractivity contribution in [2.75, 3.05) is 20.8 Å². The molecule has 0 amide bonds. The van der Waals surface area contributed by atoms with Gasteiger partial charge in [-0.2, -0.15) is 0 Å². The SMILES string of the molecule is COCC(C)N(C)C(C(=O)O)c1ccccc1. The monoisotopic (exact) mass is 237 g/mol. The second kappa shape index (κ2) is 6.37. The molecule has 0 aromatic heterocycles.